The van der Waals surface area contributed by atoms with Crippen LogP contribution in [0.1, 0.15) is 49.2 Å². The maximum absolute atomic E-state index is 12.6. The van der Waals surface area contributed by atoms with Crippen molar-refractivity contribution in [2.45, 2.75) is 38.8 Å². The van der Waals surface area contributed by atoms with Gasteiger partial charge in [-0.05, 0) is 56.2 Å². The zero-order chi connectivity index (χ0) is 19.2. The van der Waals surface area contributed by atoms with E-state index in [0.717, 1.165) is 31.7 Å². The van der Waals surface area contributed by atoms with Gasteiger partial charge in [0.15, 0.2) is 0 Å². The monoisotopic (exact) mass is 369 g/mol. The zero-order valence-corrected chi connectivity index (χ0v) is 16.6. The second-order valence-corrected chi connectivity index (χ2v) is 7.22. The summed E-state index contributed by atoms with van der Waals surface area (Å²) in [5.74, 6) is 0.961. The molecule has 2 aromatic rings. The summed E-state index contributed by atoms with van der Waals surface area (Å²) >= 11 is 0. The molecular formula is C22H31N3O2. The van der Waals surface area contributed by atoms with Crippen molar-refractivity contribution in [2.75, 3.05) is 33.2 Å². The Balaban J connectivity index is 1.57. The SMILES string of the molecule is CCN(CC)C(CNC(=O)CN(C)C1CCc2ccccc21)c1ccco1. The van der Waals surface area contributed by atoms with E-state index in [-0.39, 0.29) is 11.9 Å². The number of furan rings is 1. The van der Waals surface area contributed by atoms with E-state index in [0.29, 0.717) is 19.1 Å². The highest BCUT2D eigenvalue weighted by Gasteiger charge is 2.27. The molecule has 1 aliphatic carbocycles. The molecule has 0 bridgehead atoms. The Bertz CT molecular complexity index is 725. The second-order valence-electron chi connectivity index (χ2n) is 7.22. The number of benzene rings is 1. The van der Waals surface area contributed by atoms with Crippen molar-refractivity contribution >= 4 is 5.91 Å². The molecule has 0 aliphatic heterocycles. The number of carbonyl (C=O) groups excluding carboxylic acids is 1. The molecule has 1 aliphatic rings. The smallest absolute Gasteiger partial charge is 0.234 e. The van der Waals surface area contributed by atoms with Crippen LogP contribution in [0.4, 0.5) is 0 Å². The van der Waals surface area contributed by atoms with Gasteiger partial charge in [-0.1, -0.05) is 38.1 Å². The first kappa shape index (κ1) is 19.6. The van der Waals surface area contributed by atoms with E-state index in [1.807, 2.05) is 19.2 Å². The molecule has 0 radical (unpaired) electrons. The van der Waals surface area contributed by atoms with Crippen molar-refractivity contribution < 1.29 is 9.21 Å². The van der Waals surface area contributed by atoms with Gasteiger partial charge in [0.2, 0.25) is 5.91 Å². The van der Waals surface area contributed by atoms with Crippen LogP contribution in [0.25, 0.3) is 0 Å². The number of rotatable bonds is 9. The summed E-state index contributed by atoms with van der Waals surface area (Å²) in [6, 6.07) is 12.8. The largest absolute Gasteiger partial charge is 0.468 e. The van der Waals surface area contributed by atoms with Crippen molar-refractivity contribution in [3.63, 3.8) is 0 Å². The number of nitrogens with one attached hydrogen (secondary N) is 1. The molecule has 0 saturated heterocycles. The lowest BCUT2D eigenvalue weighted by Crippen LogP contribution is -2.41. The summed E-state index contributed by atoms with van der Waals surface area (Å²) < 4.78 is 5.61. The third-order valence-electron chi connectivity index (χ3n) is 5.64. The van der Waals surface area contributed by atoms with Crippen LogP contribution in [-0.2, 0) is 11.2 Å². The van der Waals surface area contributed by atoms with Gasteiger partial charge in [0, 0.05) is 12.6 Å². The van der Waals surface area contributed by atoms with Gasteiger partial charge in [-0.25, -0.2) is 0 Å². The minimum absolute atomic E-state index is 0.0607. The van der Waals surface area contributed by atoms with E-state index >= 15 is 0 Å². The molecule has 0 saturated carbocycles. The third-order valence-corrected chi connectivity index (χ3v) is 5.64. The molecule has 0 fully saturated rings. The van der Waals surface area contributed by atoms with E-state index in [2.05, 4.69) is 53.2 Å². The second kappa shape index (κ2) is 9.20. The van der Waals surface area contributed by atoms with Crippen LogP contribution in [-0.4, -0.2) is 48.9 Å². The fourth-order valence-electron chi connectivity index (χ4n) is 4.15. The fourth-order valence-corrected chi connectivity index (χ4v) is 4.15. The number of amides is 1. The summed E-state index contributed by atoms with van der Waals surface area (Å²) in [6.45, 7) is 7.05. The van der Waals surface area contributed by atoms with Gasteiger partial charge in [-0.3, -0.25) is 14.6 Å². The standard InChI is InChI=1S/C22H31N3O2/c1-4-25(5-2)20(21-11-8-14-27-21)15-23-22(26)16-24(3)19-13-12-17-9-6-7-10-18(17)19/h6-11,14,19-20H,4-5,12-13,15-16H2,1-3H3,(H,23,26). The highest BCUT2D eigenvalue weighted by Crippen LogP contribution is 2.34. The van der Waals surface area contributed by atoms with Gasteiger partial charge in [-0.15, -0.1) is 0 Å². The number of likely N-dealkylation sites (N-methyl/N-ethyl adjacent to an activating group) is 2. The van der Waals surface area contributed by atoms with Crippen LogP contribution in [0.5, 0.6) is 0 Å². The van der Waals surface area contributed by atoms with Gasteiger partial charge in [0.25, 0.3) is 0 Å². The molecular weight excluding hydrogens is 338 g/mol. The molecule has 1 N–H and O–H groups in total. The summed E-state index contributed by atoms with van der Waals surface area (Å²) in [4.78, 5) is 17.1. The van der Waals surface area contributed by atoms with Crippen LogP contribution in [0, 0.1) is 0 Å². The van der Waals surface area contributed by atoms with Crippen LogP contribution >= 0.6 is 0 Å². The van der Waals surface area contributed by atoms with Gasteiger partial charge in [-0.2, -0.15) is 0 Å². The average Bonchev–Trinajstić information content (AvgIpc) is 3.34. The topological polar surface area (TPSA) is 48.7 Å². The lowest BCUT2D eigenvalue weighted by Gasteiger charge is -2.29. The number of carbonyl (C=O) groups is 1. The minimum Gasteiger partial charge on any atom is -0.468 e. The van der Waals surface area contributed by atoms with Crippen molar-refractivity contribution in [2.24, 2.45) is 0 Å². The van der Waals surface area contributed by atoms with E-state index in [4.69, 9.17) is 4.42 Å². The predicted octanol–water partition coefficient (Wildman–Crippen LogP) is 3.40. The lowest BCUT2D eigenvalue weighted by molar-refractivity contribution is -0.122. The molecule has 1 aromatic heterocycles. The molecule has 2 atom stereocenters. The molecule has 146 valence electrons. The Hall–Kier alpha value is -2.11. The third kappa shape index (κ3) is 4.60. The highest BCUT2D eigenvalue weighted by molar-refractivity contribution is 5.78. The first-order chi connectivity index (χ1) is 13.1. The molecule has 27 heavy (non-hydrogen) atoms. The molecule has 1 heterocycles. The van der Waals surface area contributed by atoms with Gasteiger partial charge >= 0.3 is 0 Å². The summed E-state index contributed by atoms with van der Waals surface area (Å²) in [7, 11) is 2.04. The van der Waals surface area contributed by atoms with Gasteiger partial charge in [0.05, 0.1) is 18.8 Å². The lowest BCUT2D eigenvalue weighted by atomic mass is 10.1. The van der Waals surface area contributed by atoms with E-state index < -0.39 is 0 Å². The van der Waals surface area contributed by atoms with Crippen LogP contribution in [0.2, 0.25) is 0 Å². The predicted molar refractivity (Wildman–Crippen MR) is 108 cm³/mol. The minimum atomic E-state index is 0.0607. The number of aryl methyl sites for hydroxylation is 1. The van der Waals surface area contributed by atoms with E-state index in [1.54, 1.807) is 6.26 Å². The fraction of sp³-hybridized carbons (Fsp3) is 0.500. The van der Waals surface area contributed by atoms with Crippen molar-refractivity contribution in [1.82, 2.24) is 15.1 Å². The van der Waals surface area contributed by atoms with Gasteiger partial charge in [0.1, 0.15) is 5.76 Å². The zero-order valence-electron chi connectivity index (χ0n) is 16.6. The van der Waals surface area contributed by atoms with Crippen molar-refractivity contribution in [3.8, 4) is 0 Å². The van der Waals surface area contributed by atoms with Gasteiger partial charge < -0.3 is 9.73 Å². The summed E-state index contributed by atoms with van der Waals surface area (Å²) in [5, 5.41) is 3.12. The van der Waals surface area contributed by atoms with Crippen LogP contribution < -0.4 is 5.32 Å². The first-order valence-corrected chi connectivity index (χ1v) is 9.96. The van der Waals surface area contributed by atoms with Crippen molar-refractivity contribution in [3.05, 3.63) is 59.5 Å². The normalized spacial score (nSPS) is 17.3. The summed E-state index contributed by atoms with van der Waals surface area (Å²) in [5.41, 5.74) is 2.78. The molecule has 1 aromatic carbocycles. The first-order valence-electron chi connectivity index (χ1n) is 9.96. The molecule has 3 rings (SSSR count). The number of nitrogens with zero attached hydrogens (tertiary/aromatic N) is 2. The quantitative estimate of drug-likeness (QED) is 0.736. The number of fused-ring (bicyclic) bond motifs is 1. The molecule has 0 spiro atoms. The van der Waals surface area contributed by atoms with Crippen molar-refractivity contribution in [1.29, 1.82) is 0 Å². The Morgan fingerprint density at radius 1 is 1.22 bits per heavy atom. The molecule has 1 amide bonds. The highest BCUT2D eigenvalue weighted by atomic mass is 16.3. The maximum atomic E-state index is 12.6. The average molecular weight is 370 g/mol. The Morgan fingerprint density at radius 3 is 2.70 bits per heavy atom. The molecule has 5 nitrogen and oxygen atoms in total. The Kier molecular flexibility index (Phi) is 6.69. The van der Waals surface area contributed by atoms with Crippen LogP contribution in [0.15, 0.2) is 47.1 Å². The molecule has 5 heteroatoms. The van der Waals surface area contributed by atoms with E-state index in [1.165, 1.54) is 11.1 Å². The number of hydrogen-bond donors (Lipinski definition) is 1. The maximum Gasteiger partial charge on any atom is 0.234 e. The van der Waals surface area contributed by atoms with Crippen LogP contribution in [0.3, 0.4) is 0 Å². The van der Waals surface area contributed by atoms with E-state index in [9.17, 15) is 4.79 Å². The Labute approximate surface area is 162 Å². The number of hydrogen-bond acceptors (Lipinski definition) is 4. The Morgan fingerprint density at radius 2 is 2.00 bits per heavy atom. The molecule has 2 unspecified atom stereocenters. The summed E-state index contributed by atoms with van der Waals surface area (Å²) in [6.07, 6.45) is 3.87.